The second-order valence-electron chi connectivity index (χ2n) is 3.47. The number of benzene rings is 1. The zero-order valence-corrected chi connectivity index (χ0v) is 12.7. The molecule has 17 heavy (non-hydrogen) atoms. The van der Waals surface area contributed by atoms with E-state index >= 15 is 0 Å². The topological polar surface area (TPSA) is 29.5 Å². The number of hydrogen-bond acceptors (Lipinski definition) is 3. The van der Waals surface area contributed by atoms with Gasteiger partial charge in [-0.3, -0.25) is 0 Å². The lowest BCUT2D eigenvalue weighted by atomic mass is 10.0. The molecule has 1 heterocycles. The molecule has 1 unspecified atom stereocenters. The molecule has 2 rings (SSSR count). The van der Waals surface area contributed by atoms with E-state index in [0.29, 0.717) is 16.3 Å². The first-order valence-electron chi connectivity index (χ1n) is 4.87. The monoisotopic (exact) mass is 380 g/mol. The molecule has 1 N–H and O–H groups in total. The summed E-state index contributed by atoms with van der Waals surface area (Å²) in [6, 6.07) is 7.24. The molecule has 0 amide bonds. The first-order valence-corrected chi connectivity index (χ1v) is 7.21. The molecule has 0 aliphatic heterocycles. The molecular weight excluding hydrogens is 371 g/mol. The van der Waals surface area contributed by atoms with Crippen molar-refractivity contribution in [2.24, 2.45) is 0 Å². The van der Waals surface area contributed by atoms with Crippen molar-refractivity contribution in [2.75, 3.05) is 7.11 Å². The zero-order valence-electron chi connectivity index (χ0n) is 8.98. The lowest BCUT2D eigenvalue weighted by Gasteiger charge is -2.12. The summed E-state index contributed by atoms with van der Waals surface area (Å²) in [5.41, 5.74) is 1.56. The highest BCUT2D eigenvalue weighted by Crippen LogP contribution is 2.33. The molecule has 1 aromatic heterocycles. The number of aliphatic hydroxyl groups excluding tert-OH is 1. The maximum Gasteiger partial charge on any atom is 0.120 e. The van der Waals surface area contributed by atoms with E-state index in [1.807, 2.05) is 11.4 Å². The molecule has 0 aliphatic rings. The Hall–Kier alpha value is -0.300. The van der Waals surface area contributed by atoms with Gasteiger partial charge in [0.15, 0.2) is 0 Å². The van der Waals surface area contributed by atoms with E-state index in [1.165, 1.54) is 0 Å². The van der Waals surface area contributed by atoms with Crippen LogP contribution in [0.3, 0.4) is 0 Å². The molecule has 0 aliphatic carbocycles. The van der Waals surface area contributed by atoms with Gasteiger partial charge in [-0.05, 0) is 51.7 Å². The second-order valence-corrected chi connectivity index (χ2v) is 6.69. The van der Waals surface area contributed by atoms with E-state index in [1.54, 1.807) is 36.6 Å². The molecule has 0 spiro atoms. The van der Waals surface area contributed by atoms with Crippen molar-refractivity contribution in [3.8, 4) is 5.75 Å². The van der Waals surface area contributed by atoms with Gasteiger partial charge in [-0.15, -0.1) is 11.3 Å². The number of thiophene rings is 1. The van der Waals surface area contributed by atoms with Crippen LogP contribution in [0, 0.1) is 2.88 Å². The van der Waals surface area contributed by atoms with Gasteiger partial charge in [-0.1, -0.05) is 17.7 Å². The summed E-state index contributed by atoms with van der Waals surface area (Å²) < 4.78 is 6.21. The average molecular weight is 381 g/mol. The molecule has 2 aromatic rings. The summed E-state index contributed by atoms with van der Waals surface area (Å²) in [5.74, 6) is 0.686. The fourth-order valence-corrected chi connectivity index (χ4v) is 3.17. The van der Waals surface area contributed by atoms with Crippen LogP contribution in [0.15, 0.2) is 29.6 Å². The van der Waals surface area contributed by atoms with Gasteiger partial charge in [0.05, 0.1) is 15.0 Å². The Balaban J connectivity index is 2.34. The van der Waals surface area contributed by atoms with Crippen molar-refractivity contribution in [3.63, 3.8) is 0 Å². The molecular formula is C12H10ClIO2S. The van der Waals surface area contributed by atoms with E-state index < -0.39 is 6.10 Å². The first kappa shape index (κ1) is 13.1. The van der Waals surface area contributed by atoms with E-state index in [0.717, 1.165) is 8.45 Å². The fourth-order valence-electron chi connectivity index (χ4n) is 1.50. The van der Waals surface area contributed by atoms with Crippen LogP contribution in [0.4, 0.5) is 0 Å². The zero-order chi connectivity index (χ0) is 12.4. The standard InChI is InChI=1S/C12H10ClIO2S/c1-16-8-2-3-9(10(13)5-8)12(15)7-4-11(14)17-6-7/h2-6,12,15H,1H3. The van der Waals surface area contributed by atoms with Gasteiger partial charge < -0.3 is 9.84 Å². The van der Waals surface area contributed by atoms with Crippen LogP contribution in [-0.2, 0) is 0 Å². The Morgan fingerprint density at radius 1 is 1.41 bits per heavy atom. The Morgan fingerprint density at radius 3 is 2.71 bits per heavy atom. The van der Waals surface area contributed by atoms with Gasteiger partial charge in [0.1, 0.15) is 11.9 Å². The maximum atomic E-state index is 10.2. The van der Waals surface area contributed by atoms with Crippen molar-refractivity contribution in [1.82, 2.24) is 0 Å². The molecule has 0 radical (unpaired) electrons. The minimum absolute atomic E-state index is 0.512. The maximum absolute atomic E-state index is 10.2. The van der Waals surface area contributed by atoms with Crippen LogP contribution in [0.1, 0.15) is 17.2 Å². The van der Waals surface area contributed by atoms with Gasteiger partial charge in [0.2, 0.25) is 0 Å². The molecule has 0 saturated carbocycles. The number of hydrogen-bond donors (Lipinski definition) is 1. The lowest BCUT2D eigenvalue weighted by molar-refractivity contribution is 0.221. The van der Waals surface area contributed by atoms with Crippen molar-refractivity contribution < 1.29 is 9.84 Å². The number of aliphatic hydroxyl groups is 1. The predicted molar refractivity (Wildman–Crippen MR) is 79.1 cm³/mol. The number of halogens is 2. The quantitative estimate of drug-likeness (QED) is 0.813. The van der Waals surface area contributed by atoms with E-state index in [4.69, 9.17) is 16.3 Å². The van der Waals surface area contributed by atoms with E-state index in [9.17, 15) is 5.11 Å². The lowest BCUT2D eigenvalue weighted by Crippen LogP contribution is -1.99. The van der Waals surface area contributed by atoms with Crippen molar-refractivity contribution in [2.45, 2.75) is 6.10 Å². The molecule has 0 saturated heterocycles. The SMILES string of the molecule is COc1ccc(C(O)c2csc(I)c2)c(Cl)c1. The van der Waals surface area contributed by atoms with E-state index in [-0.39, 0.29) is 0 Å². The summed E-state index contributed by atoms with van der Waals surface area (Å²) in [4.78, 5) is 0. The minimum atomic E-state index is -0.687. The first-order chi connectivity index (χ1) is 8.11. The van der Waals surface area contributed by atoms with Gasteiger partial charge in [0.25, 0.3) is 0 Å². The van der Waals surface area contributed by atoms with Gasteiger partial charge in [-0.25, -0.2) is 0 Å². The van der Waals surface area contributed by atoms with Crippen LogP contribution in [0.5, 0.6) is 5.75 Å². The number of rotatable bonds is 3. The molecule has 1 atom stereocenters. The highest BCUT2D eigenvalue weighted by Gasteiger charge is 2.15. The van der Waals surface area contributed by atoms with Crippen LogP contribution in [0.2, 0.25) is 5.02 Å². The Bertz CT molecular complexity index is 527. The smallest absolute Gasteiger partial charge is 0.120 e. The fraction of sp³-hybridized carbons (Fsp3) is 0.167. The molecule has 2 nitrogen and oxygen atoms in total. The van der Waals surface area contributed by atoms with Crippen molar-refractivity contribution in [1.29, 1.82) is 0 Å². The Morgan fingerprint density at radius 2 is 2.18 bits per heavy atom. The summed E-state index contributed by atoms with van der Waals surface area (Å²) in [6.45, 7) is 0. The van der Waals surface area contributed by atoms with Crippen molar-refractivity contribution >= 4 is 45.5 Å². The van der Waals surface area contributed by atoms with Crippen LogP contribution >= 0.6 is 45.5 Å². The summed E-state index contributed by atoms with van der Waals surface area (Å²) >= 11 is 9.95. The van der Waals surface area contributed by atoms with Crippen LogP contribution in [-0.4, -0.2) is 12.2 Å². The summed E-state index contributed by atoms with van der Waals surface area (Å²) in [6.07, 6.45) is -0.687. The molecule has 0 bridgehead atoms. The largest absolute Gasteiger partial charge is 0.497 e. The third-order valence-corrected chi connectivity index (χ3v) is 4.54. The molecule has 90 valence electrons. The third kappa shape index (κ3) is 2.93. The normalized spacial score (nSPS) is 12.5. The average Bonchev–Trinajstić information content (AvgIpc) is 2.75. The van der Waals surface area contributed by atoms with Crippen molar-refractivity contribution in [3.05, 3.63) is 48.7 Å². The number of methoxy groups -OCH3 is 1. The Labute approximate surface area is 122 Å². The van der Waals surface area contributed by atoms with Gasteiger partial charge in [-0.2, -0.15) is 0 Å². The third-order valence-electron chi connectivity index (χ3n) is 2.41. The highest BCUT2D eigenvalue weighted by atomic mass is 127. The second kappa shape index (κ2) is 5.56. The van der Waals surface area contributed by atoms with Crippen LogP contribution < -0.4 is 4.74 Å². The number of ether oxygens (including phenoxy) is 1. The molecule has 1 aromatic carbocycles. The van der Waals surface area contributed by atoms with Gasteiger partial charge in [0, 0.05) is 5.56 Å². The van der Waals surface area contributed by atoms with Crippen LogP contribution in [0.25, 0.3) is 0 Å². The summed E-state index contributed by atoms with van der Waals surface area (Å²) in [5, 5.41) is 12.7. The van der Waals surface area contributed by atoms with Gasteiger partial charge >= 0.3 is 0 Å². The van der Waals surface area contributed by atoms with E-state index in [2.05, 4.69) is 22.6 Å². The molecule has 5 heteroatoms. The Kier molecular flexibility index (Phi) is 4.30. The highest BCUT2D eigenvalue weighted by molar-refractivity contribution is 14.1. The summed E-state index contributed by atoms with van der Waals surface area (Å²) in [7, 11) is 1.59. The molecule has 0 fully saturated rings. The predicted octanol–water partition coefficient (Wildman–Crippen LogP) is 4.10. The minimum Gasteiger partial charge on any atom is -0.497 e.